The van der Waals surface area contributed by atoms with E-state index in [-0.39, 0.29) is 4.83 Å². The fraction of sp³-hybridized carbons (Fsp3) is 0.250. The number of fused-ring (bicyclic) bond motifs is 1. The molecule has 0 radical (unpaired) electrons. The van der Waals surface area contributed by atoms with E-state index in [4.69, 9.17) is 11.6 Å². The zero-order chi connectivity index (χ0) is 13.4. The summed E-state index contributed by atoms with van der Waals surface area (Å²) in [6.07, 6.45) is 3.74. The van der Waals surface area contributed by atoms with Crippen LogP contribution in [0.1, 0.15) is 33.5 Å². The van der Waals surface area contributed by atoms with Gasteiger partial charge in [-0.2, -0.15) is 0 Å². The predicted octanol–water partition coefficient (Wildman–Crippen LogP) is 5.92. The van der Waals surface area contributed by atoms with Crippen LogP contribution in [0, 0.1) is 3.57 Å². The van der Waals surface area contributed by atoms with Gasteiger partial charge in [0.05, 0.1) is 4.83 Å². The highest BCUT2D eigenvalue weighted by molar-refractivity contribution is 14.1. The molecule has 3 rings (SSSR count). The number of halogens is 3. The van der Waals surface area contributed by atoms with Gasteiger partial charge in [0.25, 0.3) is 0 Å². The number of benzene rings is 2. The van der Waals surface area contributed by atoms with Crippen molar-refractivity contribution in [2.45, 2.75) is 24.1 Å². The minimum Gasteiger partial charge on any atom is -0.0843 e. The van der Waals surface area contributed by atoms with E-state index in [0.717, 1.165) is 5.02 Å². The SMILES string of the molecule is Clc1ccc(I)c(C(Br)c2ccc3c(c2)CCC3)c1. The van der Waals surface area contributed by atoms with Crippen molar-refractivity contribution in [3.8, 4) is 0 Å². The van der Waals surface area contributed by atoms with Crippen molar-refractivity contribution >= 4 is 50.1 Å². The first-order valence-corrected chi connectivity index (χ1v) is 8.73. The second-order valence-corrected chi connectivity index (χ2v) is 7.42. The molecule has 98 valence electrons. The summed E-state index contributed by atoms with van der Waals surface area (Å²) in [5, 5.41) is 0.793. The molecule has 1 unspecified atom stereocenters. The normalized spacial score (nSPS) is 15.3. The van der Waals surface area contributed by atoms with Gasteiger partial charge < -0.3 is 0 Å². The molecule has 0 spiro atoms. The lowest BCUT2D eigenvalue weighted by Gasteiger charge is -2.14. The predicted molar refractivity (Wildman–Crippen MR) is 93.4 cm³/mol. The van der Waals surface area contributed by atoms with Crippen molar-refractivity contribution in [1.82, 2.24) is 0 Å². The molecule has 0 N–H and O–H groups in total. The van der Waals surface area contributed by atoms with Crippen LogP contribution in [0.15, 0.2) is 36.4 Å². The molecular weight excluding hydrogens is 434 g/mol. The number of alkyl halides is 1. The fourth-order valence-corrected chi connectivity index (χ4v) is 4.56. The molecule has 0 amide bonds. The highest BCUT2D eigenvalue weighted by Crippen LogP contribution is 2.36. The maximum Gasteiger partial charge on any atom is 0.0655 e. The maximum absolute atomic E-state index is 6.12. The summed E-state index contributed by atoms with van der Waals surface area (Å²) in [7, 11) is 0. The summed E-state index contributed by atoms with van der Waals surface area (Å²) in [5.74, 6) is 0. The molecule has 0 heterocycles. The molecule has 2 aromatic rings. The first kappa shape index (κ1) is 13.9. The molecule has 0 saturated carbocycles. The van der Waals surface area contributed by atoms with Gasteiger partial charge in [-0.25, -0.2) is 0 Å². The first-order valence-electron chi connectivity index (χ1n) is 6.36. The van der Waals surface area contributed by atoms with Crippen molar-refractivity contribution in [2.75, 3.05) is 0 Å². The van der Waals surface area contributed by atoms with Gasteiger partial charge >= 0.3 is 0 Å². The summed E-state index contributed by atoms with van der Waals surface area (Å²) in [5.41, 5.74) is 5.59. The van der Waals surface area contributed by atoms with E-state index >= 15 is 0 Å². The van der Waals surface area contributed by atoms with Crippen molar-refractivity contribution in [2.24, 2.45) is 0 Å². The lowest BCUT2D eigenvalue weighted by Crippen LogP contribution is -1.97. The van der Waals surface area contributed by atoms with Crippen LogP contribution in [0.25, 0.3) is 0 Å². The summed E-state index contributed by atoms with van der Waals surface area (Å²) in [4.78, 5) is 0.212. The van der Waals surface area contributed by atoms with Gasteiger partial charge in [0.15, 0.2) is 0 Å². The average Bonchev–Trinajstić information content (AvgIpc) is 2.88. The topological polar surface area (TPSA) is 0 Å². The Morgan fingerprint density at radius 3 is 2.68 bits per heavy atom. The second kappa shape index (κ2) is 5.74. The Bertz CT molecular complexity index is 624. The third-order valence-corrected chi connectivity index (χ3v) is 5.89. The van der Waals surface area contributed by atoms with Crippen molar-refractivity contribution in [3.63, 3.8) is 0 Å². The zero-order valence-electron chi connectivity index (χ0n) is 10.3. The van der Waals surface area contributed by atoms with Crippen molar-refractivity contribution < 1.29 is 0 Å². The Morgan fingerprint density at radius 2 is 1.84 bits per heavy atom. The molecule has 0 aromatic heterocycles. The Morgan fingerprint density at radius 1 is 1.05 bits per heavy atom. The van der Waals surface area contributed by atoms with E-state index in [1.165, 1.54) is 45.1 Å². The van der Waals surface area contributed by atoms with E-state index < -0.39 is 0 Å². The summed E-state index contributed by atoms with van der Waals surface area (Å²) in [6, 6.07) is 12.9. The quantitative estimate of drug-likeness (QED) is 0.396. The van der Waals surface area contributed by atoms with Gasteiger partial charge in [0.2, 0.25) is 0 Å². The van der Waals surface area contributed by atoms with Crippen LogP contribution in [0.3, 0.4) is 0 Å². The van der Waals surface area contributed by atoms with Gasteiger partial charge in [-0.1, -0.05) is 45.7 Å². The molecule has 1 aliphatic carbocycles. The number of hydrogen-bond acceptors (Lipinski definition) is 0. The molecule has 0 nitrogen and oxygen atoms in total. The Labute approximate surface area is 140 Å². The minimum atomic E-state index is 0.212. The lowest BCUT2D eigenvalue weighted by atomic mass is 10.0. The monoisotopic (exact) mass is 446 g/mol. The number of aryl methyl sites for hydroxylation is 2. The Kier molecular flexibility index (Phi) is 4.20. The van der Waals surface area contributed by atoms with Crippen LogP contribution in [-0.2, 0) is 12.8 Å². The molecule has 0 fully saturated rings. The van der Waals surface area contributed by atoms with Gasteiger partial charge in [-0.05, 0) is 82.3 Å². The molecule has 3 heteroatoms. The van der Waals surface area contributed by atoms with Crippen LogP contribution >= 0.6 is 50.1 Å². The lowest BCUT2D eigenvalue weighted by molar-refractivity contribution is 0.911. The summed E-state index contributed by atoms with van der Waals surface area (Å²) in [6.45, 7) is 0. The van der Waals surface area contributed by atoms with Crippen LogP contribution in [0.5, 0.6) is 0 Å². The van der Waals surface area contributed by atoms with Gasteiger partial charge in [-0.3, -0.25) is 0 Å². The summed E-state index contributed by atoms with van der Waals surface area (Å²) < 4.78 is 1.24. The average molecular weight is 448 g/mol. The molecule has 0 aliphatic heterocycles. The molecule has 2 aromatic carbocycles. The largest absolute Gasteiger partial charge is 0.0843 e. The maximum atomic E-state index is 6.12. The van der Waals surface area contributed by atoms with E-state index in [9.17, 15) is 0 Å². The highest BCUT2D eigenvalue weighted by Gasteiger charge is 2.17. The van der Waals surface area contributed by atoms with Crippen molar-refractivity contribution in [3.05, 3.63) is 67.2 Å². The summed E-state index contributed by atoms with van der Waals surface area (Å²) >= 11 is 12.3. The van der Waals surface area contributed by atoms with E-state index in [1.807, 2.05) is 6.07 Å². The number of hydrogen-bond donors (Lipinski definition) is 0. The third-order valence-electron chi connectivity index (χ3n) is 3.65. The molecule has 19 heavy (non-hydrogen) atoms. The molecule has 0 saturated heterocycles. The van der Waals surface area contributed by atoms with Crippen LogP contribution < -0.4 is 0 Å². The molecule has 0 bridgehead atoms. The number of rotatable bonds is 2. The molecular formula is C16H13BrClI. The highest BCUT2D eigenvalue weighted by atomic mass is 127. The van der Waals surface area contributed by atoms with E-state index in [2.05, 4.69) is 68.9 Å². The van der Waals surface area contributed by atoms with Crippen LogP contribution in [0.4, 0.5) is 0 Å². The molecule has 1 aliphatic rings. The van der Waals surface area contributed by atoms with E-state index in [0.29, 0.717) is 0 Å². The Balaban J connectivity index is 1.99. The zero-order valence-corrected chi connectivity index (χ0v) is 14.8. The van der Waals surface area contributed by atoms with Gasteiger partial charge in [0.1, 0.15) is 0 Å². The van der Waals surface area contributed by atoms with Gasteiger partial charge in [0, 0.05) is 8.59 Å². The Hall–Kier alpha value is -0.0600. The van der Waals surface area contributed by atoms with E-state index in [1.54, 1.807) is 0 Å². The fourth-order valence-electron chi connectivity index (χ4n) is 2.64. The first-order chi connectivity index (χ1) is 9.15. The molecule has 1 atom stereocenters. The van der Waals surface area contributed by atoms with Gasteiger partial charge in [-0.15, -0.1) is 0 Å². The smallest absolute Gasteiger partial charge is 0.0655 e. The van der Waals surface area contributed by atoms with Crippen LogP contribution in [-0.4, -0.2) is 0 Å². The standard InChI is InChI=1S/C16H13BrClI/c17-16(14-9-13(18)6-7-15(14)19)12-5-4-10-2-1-3-11(10)8-12/h4-9,16H,1-3H2. The minimum absolute atomic E-state index is 0.212. The van der Waals surface area contributed by atoms with Crippen LogP contribution in [0.2, 0.25) is 5.02 Å². The second-order valence-electron chi connectivity index (χ2n) is 4.91. The third kappa shape index (κ3) is 2.86. The van der Waals surface area contributed by atoms with Crippen molar-refractivity contribution in [1.29, 1.82) is 0 Å².